The van der Waals surface area contributed by atoms with E-state index in [4.69, 9.17) is 9.47 Å². The number of rotatable bonds is 8. The summed E-state index contributed by atoms with van der Waals surface area (Å²) in [7, 11) is 1.32. The van der Waals surface area contributed by atoms with Gasteiger partial charge in [0.25, 0.3) is 0 Å². The van der Waals surface area contributed by atoms with Crippen LogP contribution >= 0.6 is 0 Å². The zero-order valence-corrected chi connectivity index (χ0v) is 36.0. The molecule has 6 amide bonds. The van der Waals surface area contributed by atoms with Crippen molar-refractivity contribution in [2.24, 2.45) is 0 Å². The number of aromatic nitrogens is 2. The lowest BCUT2D eigenvalue weighted by atomic mass is 10.1. The standard InChI is InChI=1S/C23H29F2N5O3.C20H23F2N5O3/c1-15-5-7-17(13-26-15)27-21(31)28-20-18(24)8-6-16(19(20)25)14-29-9-11-30(12-10-29)22(32)33-23(2,3)4;1-13-3-5-15(11-23-13)24-19(28)25-18-16(21)6-4-14(17(18)22)12-26-7-9-27(10-8-26)20(29)30-2/h5-8,13H,9-12,14H2,1-4H3,(H2,27,28,31);3-6,11H,7-10,12H2,1-2H3,(H2,24,25,28). The third-order valence-corrected chi connectivity index (χ3v) is 9.77. The Labute approximate surface area is 362 Å². The van der Waals surface area contributed by atoms with Gasteiger partial charge in [0, 0.05) is 88.0 Å². The monoisotopic (exact) mass is 880 g/mol. The summed E-state index contributed by atoms with van der Waals surface area (Å²) in [6.07, 6.45) is 2.13. The van der Waals surface area contributed by atoms with Gasteiger partial charge in [0.15, 0.2) is 11.6 Å². The highest BCUT2D eigenvalue weighted by atomic mass is 19.1. The molecule has 4 heterocycles. The number of ether oxygens (including phenoxy) is 2. The van der Waals surface area contributed by atoms with Gasteiger partial charge in [-0.15, -0.1) is 0 Å². The van der Waals surface area contributed by atoms with Crippen LogP contribution in [0.4, 0.5) is 59.5 Å². The lowest BCUT2D eigenvalue weighted by Crippen LogP contribution is -2.49. The van der Waals surface area contributed by atoms with Crippen molar-refractivity contribution in [3.8, 4) is 0 Å². The number of halogens is 4. The van der Waals surface area contributed by atoms with Gasteiger partial charge in [-0.05, 0) is 71.0 Å². The van der Waals surface area contributed by atoms with Crippen LogP contribution in [0, 0.1) is 37.1 Å². The Morgan fingerprint density at radius 1 is 0.587 bits per heavy atom. The molecular weight excluding hydrogens is 829 g/mol. The van der Waals surface area contributed by atoms with Gasteiger partial charge in [-0.2, -0.15) is 0 Å². The van der Waals surface area contributed by atoms with E-state index in [1.165, 1.54) is 31.6 Å². The fourth-order valence-electron chi connectivity index (χ4n) is 6.41. The Morgan fingerprint density at radius 3 is 1.33 bits per heavy atom. The minimum Gasteiger partial charge on any atom is -0.453 e. The van der Waals surface area contributed by atoms with E-state index < -0.39 is 58.4 Å². The molecule has 338 valence electrons. The number of aryl methyl sites for hydroxylation is 2. The lowest BCUT2D eigenvalue weighted by Gasteiger charge is -2.35. The number of nitrogens with one attached hydrogen (secondary N) is 4. The van der Waals surface area contributed by atoms with Gasteiger partial charge < -0.3 is 40.5 Å². The first-order valence-electron chi connectivity index (χ1n) is 20.1. The Bertz CT molecular complexity index is 2230. The number of pyridine rings is 2. The molecule has 2 fully saturated rings. The first-order valence-corrected chi connectivity index (χ1v) is 20.1. The maximum atomic E-state index is 15.0. The van der Waals surface area contributed by atoms with Crippen molar-refractivity contribution in [1.82, 2.24) is 29.6 Å². The minimum absolute atomic E-state index is 0.215. The number of hydrogen-bond donors (Lipinski definition) is 4. The number of methoxy groups -OCH3 is 1. The van der Waals surface area contributed by atoms with E-state index in [1.54, 1.807) is 47.9 Å². The van der Waals surface area contributed by atoms with Gasteiger partial charge in [-0.3, -0.25) is 19.8 Å². The summed E-state index contributed by atoms with van der Waals surface area (Å²) >= 11 is 0. The van der Waals surface area contributed by atoms with Crippen LogP contribution < -0.4 is 21.3 Å². The zero-order valence-electron chi connectivity index (χ0n) is 36.0. The van der Waals surface area contributed by atoms with E-state index in [-0.39, 0.29) is 30.3 Å². The van der Waals surface area contributed by atoms with Crippen LogP contribution in [-0.4, -0.2) is 119 Å². The second-order valence-electron chi connectivity index (χ2n) is 15.8. The third-order valence-electron chi connectivity index (χ3n) is 9.77. The van der Waals surface area contributed by atoms with E-state index in [1.807, 2.05) is 30.6 Å². The van der Waals surface area contributed by atoms with Gasteiger partial charge >= 0.3 is 24.2 Å². The summed E-state index contributed by atoms with van der Waals surface area (Å²) < 4.78 is 68.4. The summed E-state index contributed by atoms with van der Waals surface area (Å²) in [4.78, 5) is 63.3. The number of hydrogen-bond acceptors (Lipinski definition) is 10. The first kappa shape index (κ1) is 47.5. The SMILES string of the molecule is COC(=O)N1CCN(Cc2ccc(F)c(NC(=O)Nc3ccc(C)nc3)c2F)CC1.Cc1ccc(NC(=O)Nc2c(F)ccc(CN3CCN(C(=O)OC(C)(C)C)CC3)c2F)cn1. The van der Waals surface area contributed by atoms with Gasteiger partial charge in [-0.1, -0.05) is 12.1 Å². The number of nitrogens with zero attached hydrogens (tertiary/aromatic N) is 6. The number of urea groups is 2. The topological polar surface area (TPSA) is 174 Å². The molecule has 2 aliphatic heterocycles. The number of piperazine rings is 2. The Morgan fingerprint density at radius 2 is 0.984 bits per heavy atom. The predicted octanol–water partition coefficient (Wildman–Crippen LogP) is 7.56. The van der Waals surface area contributed by atoms with Crippen LogP contribution in [0.15, 0.2) is 60.9 Å². The Hall–Kier alpha value is -6.54. The Balaban J connectivity index is 0.000000239. The third kappa shape index (κ3) is 14.0. The fraction of sp³-hybridized carbons (Fsp3) is 0.395. The molecule has 0 radical (unpaired) electrons. The van der Waals surface area contributed by atoms with Crippen LogP contribution in [0.1, 0.15) is 43.3 Å². The lowest BCUT2D eigenvalue weighted by molar-refractivity contribution is 0.0138. The maximum absolute atomic E-state index is 15.0. The molecule has 2 aliphatic rings. The molecule has 0 atom stereocenters. The molecule has 2 saturated heterocycles. The van der Waals surface area contributed by atoms with Crippen LogP contribution in [0.2, 0.25) is 0 Å². The molecule has 0 spiro atoms. The fourth-order valence-corrected chi connectivity index (χ4v) is 6.41. The average molecular weight is 881 g/mol. The number of amides is 6. The summed E-state index contributed by atoms with van der Waals surface area (Å²) in [6.45, 7) is 13.3. The number of benzene rings is 2. The summed E-state index contributed by atoms with van der Waals surface area (Å²) in [6, 6.07) is 10.1. The molecule has 63 heavy (non-hydrogen) atoms. The van der Waals surface area contributed by atoms with E-state index >= 15 is 4.39 Å². The number of carbonyl (C=O) groups is 4. The smallest absolute Gasteiger partial charge is 0.410 e. The van der Waals surface area contributed by atoms with Crippen LogP contribution in [0.3, 0.4) is 0 Å². The molecule has 2 aromatic carbocycles. The normalized spacial score (nSPS) is 14.5. The van der Waals surface area contributed by atoms with Crippen LogP contribution in [0.25, 0.3) is 0 Å². The predicted molar refractivity (Wildman–Crippen MR) is 228 cm³/mol. The minimum atomic E-state index is -0.872. The molecule has 0 saturated carbocycles. The molecule has 4 aromatic rings. The highest BCUT2D eigenvalue weighted by Crippen LogP contribution is 2.26. The van der Waals surface area contributed by atoms with Crippen molar-refractivity contribution in [1.29, 1.82) is 0 Å². The summed E-state index contributed by atoms with van der Waals surface area (Å²) in [5.41, 5.74) is 1.24. The largest absolute Gasteiger partial charge is 0.453 e. The van der Waals surface area contributed by atoms with Gasteiger partial charge in [0.1, 0.15) is 28.6 Å². The highest BCUT2D eigenvalue weighted by molar-refractivity contribution is 6.00. The molecular formula is C43H52F4N10O6. The molecule has 0 unspecified atom stereocenters. The van der Waals surface area contributed by atoms with Crippen molar-refractivity contribution in [2.75, 3.05) is 80.7 Å². The van der Waals surface area contributed by atoms with Gasteiger partial charge in [0.05, 0.1) is 30.9 Å². The van der Waals surface area contributed by atoms with E-state index in [0.717, 1.165) is 23.5 Å². The first-order chi connectivity index (χ1) is 29.9. The van der Waals surface area contributed by atoms with Crippen molar-refractivity contribution in [3.63, 3.8) is 0 Å². The molecule has 0 aliphatic carbocycles. The molecule has 2 aromatic heterocycles. The van der Waals surface area contributed by atoms with Crippen molar-refractivity contribution in [2.45, 2.75) is 53.3 Å². The summed E-state index contributed by atoms with van der Waals surface area (Å²) in [5, 5.41) is 9.47. The average Bonchev–Trinajstić information content (AvgIpc) is 3.24. The zero-order chi connectivity index (χ0) is 45.8. The maximum Gasteiger partial charge on any atom is 0.410 e. The van der Waals surface area contributed by atoms with Crippen LogP contribution in [-0.2, 0) is 22.6 Å². The molecule has 4 N–H and O–H groups in total. The second kappa shape index (κ2) is 21.5. The second-order valence-corrected chi connectivity index (χ2v) is 15.8. The Kier molecular flexibility index (Phi) is 16.2. The van der Waals surface area contributed by atoms with Gasteiger partial charge in [0.2, 0.25) is 0 Å². The van der Waals surface area contributed by atoms with Crippen LogP contribution in [0.5, 0.6) is 0 Å². The van der Waals surface area contributed by atoms with Crippen molar-refractivity contribution < 1.29 is 46.2 Å². The molecule has 0 bridgehead atoms. The van der Waals surface area contributed by atoms with E-state index in [9.17, 15) is 32.3 Å². The quantitative estimate of drug-likeness (QED) is 0.129. The summed E-state index contributed by atoms with van der Waals surface area (Å²) in [5.74, 6) is -3.41. The van der Waals surface area contributed by atoms with E-state index in [2.05, 4.69) is 31.2 Å². The number of anilines is 4. The van der Waals surface area contributed by atoms with Crippen molar-refractivity contribution in [3.05, 3.63) is 107 Å². The highest BCUT2D eigenvalue weighted by Gasteiger charge is 2.28. The molecule has 20 heteroatoms. The van der Waals surface area contributed by atoms with Gasteiger partial charge in [-0.25, -0.2) is 36.7 Å². The van der Waals surface area contributed by atoms with Crippen molar-refractivity contribution >= 4 is 47.0 Å². The molecule has 16 nitrogen and oxygen atoms in total. The molecule has 6 rings (SSSR count). The van der Waals surface area contributed by atoms with E-state index in [0.29, 0.717) is 63.7 Å². The number of carbonyl (C=O) groups excluding carboxylic acids is 4.